The molecule has 1 saturated heterocycles. The Labute approximate surface area is 316 Å². The van der Waals surface area contributed by atoms with Gasteiger partial charge in [-0.25, -0.2) is 4.79 Å². The van der Waals surface area contributed by atoms with Gasteiger partial charge in [-0.1, -0.05) is 54.6 Å². The van der Waals surface area contributed by atoms with E-state index in [-0.39, 0.29) is 31.1 Å². The Bertz CT molecular complexity index is 2150. The van der Waals surface area contributed by atoms with Crippen LogP contribution >= 0.6 is 6.49 Å². The summed E-state index contributed by atoms with van der Waals surface area (Å²) >= 11 is 5.88. The zero-order valence-corrected chi connectivity index (χ0v) is 32.2. The molecule has 6 rings (SSSR count). The highest BCUT2D eigenvalue weighted by Crippen LogP contribution is 2.50. The fourth-order valence-corrected chi connectivity index (χ4v) is 7.84. The van der Waals surface area contributed by atoms with Crippen molar-refractivity contribution in [3.05, 3.63) is 128 Å². The van der Waals surface area contributed by atoms with Crippen LogP contribution in [0.25, 0.3) is 0 Å². The molecule has 0 bridgehead atoms. The van der Waals surface area contributed by atoms with Crippen molar-refractivity contribution in [2.24, 2.45) is 0 Å². The summed E-state index contributed by atoms with van der Waals surface area (Å²) in [5.41, 5.74) is 0.470. The van der Waals surface area contributed by atoms with Crippen LogP contribution in [0.1, 0.15) is 34.9 Å². The first kappa shape index (κ1) is 38.6. The molecule has 4 atom stereocenters. The van der Waals surface area contributed by atoms with E-state index in [1.165, 1.54) is 25.0 Å². The quantitative estimate of drug-likeness (QED) is 0.114. The fraction of sp³-hybridized carbons (Fsp3) is 0.324. The largest absolute Gasteiger partial charge is 0.497 e. The second-order valence-corrected chi connectivity index (χ2v) is 16.2. The minimum atomic E-state index is -3.20. The molecule has 3 heterocycles. The minimum absolute atomic E-state index is 0.0375. The molecular weight excluding hydrogens is 737 g/mol. The molecule has 15 nitrogen and oxygen atoms in total. The maximum absolute atomic E-state index is 13.1. The van der Waals surface area contributed by atoms with E-state index in [0.29, 0.717) is 17.1 Å². The number of nitrogens with zero attached hydrogens (tertiary/aromatic N) is 4. The van der Waals surface area contributed by atoms with Crippen molar-refractivity contribution in [1.29, 1.82) is 0 Å². The molecule has 5 aromatic rings. The van der Waals surface area contributed by atoms with Crippen molar-refractivity contribution < 1.29 is 37.5 Å². The van der Waals surface area contributed by atoms with Gasteiger partial charge in [-0.2, -0.15) is 0 Å². The molecule has 0 spiro atoms. The molecule has 1 fully saturated rings. The van der Waals surface area contributed by atoms with Gasteiger partial charge in [-0.05, 0) is 59.7 Å². The number of nitrogens with one attached hydrogen (secondary N) is 1. The van der Waals surface area contributed by atoms with Gasteiger partial charge in [0, 0.05) is 24.8 Å². The second kappa shape index (κ2) is 16.5. The van der Waals surface area contributed by atoms with E-state index in [9.17, 15) is 9.59 Å². The normalized spacial score (nSPS) is 18.1. The molecular formula is C37H40N5O10PS. The number of ether oxygens (including phenoxy) is 6. The predicted octanol–water partition coefficient (Wildman–Crippen LogP) is 4.76. The Morgan fingerprint density at radius 2 is 1.35 bits per heavy atom. The monoisotopic (exact) mass is 777 g/mol. The maximum atomic E-state index is 13.1. The molecule has 0 aliphatic carbocycles. The summed E-state index contributed by atoms with van der Waals surface area (Å²) < 4.78 is 48.9. The Kier molecular flexibility index (Phi) is 11.8. The van der Waals surface area contributed by atoms with Crippen LogP contribution in [0.3, 0.4) is 0 Å². The van der Waals surface area contributed by atoms with Crippen molar-refractivity contribution in [3.63, 3.8) is 0 Å². The number of aryl methyl sites for hydroxylation is 1. The summed E-state index contributed by atoms with van der Waals surface area (Å²) in [6, 6.07) is 24.8. The standard InChI is InChI=1S/C37H40N5O10PS/c1-23-21-42(36(44)38-32(23)43)31-20-29(51-53(6,54)52-35-40-33(47-4)39-34(41-35)48-5)30(50-31)22-49-37(24-10-8-7-9-11-24,25-12-16-27(45-2)17-13-25)26-14-18-28(46-3)19-15-26/h7-19,21,29-31H,20,22H2,1-6H3,(H,38,43,44)/t29-,30+,31+,53?/m0/s1. The molecule has 1 aliphatic heterocycles. The van der Waals surface area contributed by atoms with Crippen molar-refractivity contribution >= 4 is 18.3 Å². The predicted molar refractivity (Wildman–Crippen MR) is 201 cm³/mol. The van der Waals surface area contributed by atoms with Gasteiger partial charge >= 0.3 is 23.7 Å². The van der Waals surface area contributed by atoms with E-state index in [4.69, 9.17) is 49.3 Å². The zero-order valence-electron chi connectivity index (χ0n) is 30.5. The Morgan fingerprint density at radius 1 is 0.815 bits per heavy atom. The van der Waals surface area contributed by atoms with Crippen LogP contribution in [-0.4, -0.2) is 78.4 Å². The van der Waals surface area contributed by atoms with E-state index in [2.05, 4.69) is 19.9 Å². The molecule has 1 unspecified atom stereocenters. The molecule has 284 valence electrons. The third-order valence-electron chi connectivity index (χ3n) is 8.79. The zero-order chi connectivity index (χ0) is 38.5. The number of H-pyrrole nitrogens is 1. The third kappa shape index (κ3) is 8.32. The smallest absolute Gasteiger partial charge is 0.330 e. The van der Waals surface area contributed by atoms with Crippen molar-refractivity contribution in [1.82, 2.24) is 24.5 Å². The van der Waals surface area contributed by atoms with E-state index >= 15 is 0 Å². The minimum Gasteiger partial charge on any atom is -0.497 e. The maximum Gasteiger partial charge on any atom is 0.330 e. The highest BCUT2D eigenvalue weighted by molar-refractivity contribution is 8.09. The van der Waals surface area contributed by atoms with Crippen LogP contribution in [0.5, 0.6) is 29.5 Å². The van der Waals surface area contributed by atoms with Gasteiger partial charge in [0.15, 0.2) is 0 Å². The molecule has 2 aromatic heterocycles. The van der Waals surface area contributed by atoms with Gasteiger partial charge in [-0.15, -0.1) is 15.0 Å². The van der Waals surface area contributed by atoms with E-state index in [0.717, 1.165) is 16.7 Å². The van der Waals surface area contributed by atoms with Crippen LogP contribution in [0.4, 0.5) is 0 Å². The second-order valence-electron chi connectivity index (χ2n) is 12.3. The molecule has 17 heteroatoms. The lowest BCUT2D eigenvalue weighted by Crippen LogP contribution is -2.38. The van der Waals surface area contributed by atoms with Gasteiger partial charge in [0.25, 0.3) is 5.56 Å². The molecule has 3 aromatic carbocycles. The van der Waals surface area contributed by atoms with Gasteiger partial charge in [-0.3, -0.25) is 14.3 Å². The molecule has 0 amide bonds. The van der Waals surface area contributed by atoms with Crippen LogP contribution in [-0.2, 0) is 31.4 Å². The van der Waals surface area contributed by atoms with E-state index < -0.39 is 41.8 Å². The summed E-state index contributed by atoms with van der Waals surface area (Å²) in [5.74, 6) is 1.35. The Morgan fingerprint density at radius 3 is 1.89 bits per heavy atom. The first-order chi connectivity index (χ1) is 26.0. The van der Waals surface area contributed by atoms with Crippen molar-refractivity contribution in [3.8, 4) is 29.5 Å². The third-order valence-corrected chi connectivity index (χ3v) is 10.4. The van der Waals surface area contributed by atoms with E-state index in [1.54, 1.807) is 27.8 Å². The summed E-state index contributed by atoms with van der Waals surface area (Å²) in [4.78, 5) is 40.0. The highest BCUT2D eigenvalue weighted by Gasteiger charge is 2.44. The summed E-state index contributed by atoms with van der Waals surface area (Å²) in [6.07, 6.45) is -0.816. The fourth-order valence-electron chi connectivity index (χ4n) is 6.17. The SMILES string of the molecule is COc1ccc(C(OC[C@H]2O[C@@H](n3cc(C)c(=O)[nH]c3=O)C[C@@H]2OP(C)(=S)Oc2nc(OC)nc(OC)n2)(c2ccccc2)c2ccc(OC)cc2)cc1. The number of aromatic amines is 1. The van der Waals surface area contributed by atoms with Crippen LogP contribution < -0.4 is 34.7 Å². The number of hydrogen-bond donors (Lipinski definition) is 1. The van der Waals surface area contributed by atoms with Crippen molar-refractivity contribution in [2.75, 3.05) is 41.7 Å². The number of hydrogen-bond acceptors (Lipinski definition) is 14. The van der Waals surface area contributed by atoms with Gasteiger partial charge in [0.1, 0.15) is 29.4 Å². The van der Waals surface area contributed by atoms with Gasteiger partial charge < -0.3 is 37.5 Å². The molecule has 1 N–H and O–H groups in total. The Hall–Kier alpha value is -5.12. The van der Waals surface area contributed by atoms with Gasteiger partial charge in [0.2, 0.25) is 6.49 Å². The molecule has 54 heavy (non-hydrogen) atoms. The molecule has 1 aliphatic rings. The van der Waals surface area contributed by atoms with Gasteiger partial charge in [0.05, 0.1) is 41.2 Å². The molecule has 0 radical (unpaired) electrons. The average Bonchev–Trinajstić information content (AvgIpc) is 3.57. The van der Waals surface area contributed by atoms with Crippen molar-refractivity contribution in [2.45, 2.75) is 37.4 Å². The first-order valence-corrected chi connectivity index (χ1v) is 19.8. The lowest BCUT2D eigenvalue weighted by atomic mass is 9.80. The lowest BCUT2D eigenvalue weighted by molar-refractivity contribution is -0.0914. The lowest BCUT2D eigenvalue weighted by Gasteiger charge is -2.37. The first-order valence-electron chi connectivity index (χ1n) is 16.7. The average molecular weight is 778 g/mol. The van der Waals surface area contributed by atoms with Crippen LogP contribution in [0, 0.1) is 6.92 Å². The number of aromatic nitrogens is 5. The van der Waals surface area contributed by atoms with Crippen LogP contribution in [0.2, 0.25) is 0 Å². The van der Waals surface area contributed by atoms with Crippen LogP contribution in [0.15, 0.2) is 94.6 Å². The number of benzene rings is 3. The summed E-state index contributed by atoms with van der Waals surface area (Å²) in [6.45, 7) is -0.0275. The summed E-state index contributed by atoms with van der Waals surface area (Å²) in [7, 11) is 6.00. The number of rotatable bonds is 15. The number of methoxy groups -OCH3 is 4. The van der Waals surface area contributed by atoms with E-state index in [1.807, 2.05) is 78.9 Å². The summed E-state index contributed by atoms with van der Waals surface area (Å²) in [5, 5.41) is 0. The Balaban J connectivity index is 1.40. The topological polar surface area (TPSA) is 167 Å². The molecule has 0 saturated carbocycles. The highest BCUT2D eigenvalue weighted by atomic mass is 32.5.